The molecule has 0 aromatic heterocycles. The number of nitrogens with one attached hydrogen (secondary N) is 1. The normalized spacial score (nSPS) is 10.8. The molecule has 0 spiro atoms. The van der Waals surface area contributed by atoms with Gasteiger partial charge in [-0.1, -0.05) is 55.8 Å². The monoisotopic (exact) mass is 323 g/mol. The van der Waals surface area contributed by atoms with Gasteiger partial charge in [-0.25, -0.2) is 4.79 Å². The van der Waals surface area contributed by atoms with Gasteiger partial charge in [0.05, 0.1) is 0 Å². The molecule has 2 aromatic carbocycles. The third-order valence-electron chi connectivity index (χ3n) is 3.79. The number of ether oxygens (including phenoxy) is 1. The summed E-state index contributed by atoms with van der Waals surface area (Å²) in [5.41, 5.74) is 5.22. The van der Waals surface area contributed by atoms with Gasteiger partial charge in [-0.15, -0.1) is 0 Å². The van der Waals surface area contributed by atoms with Gasteiger partial charge in [0, 0.05) is 5.69 Å². The van der Waals surface area contributed by atoms with Crippen LogP contribution in [0.4, 0.5) is 10.5 Å². The van der Waals surface area contributed by atoms with Gasteiger partial charge in [-0.2, -0.15) is 0 Å². The second-order valence-corrected chi connectivity index (χ2v) is 5.90. The van der Waals surface area contributed by atoms with Crippen molar-refractivity contribution in [3.05, 3.63) is 70.8 Å². The Hall–Kier alpha value is -2.55. The highest BCUT2D eigenvalue weighted by molar-refractivity contribution is 5.85. The molecule has 3 heteroatoms. The molecule has 0 saturated carbocycles. The topological polar surface area (TPSA) is 38.3 Å². The molecular formula is C21H25NO2. The zero-order valence-electron chi connectivity index (χ0n) is 14.6. The van der Waals surface area contributed by atoms with E-state index in [4.69, 9.17) is 4.74 Å². The van der Waals surface area contributed by atoms with Gasteiger partial charge >= 0.3 is 6.09 Å². The van der Waals surface area contributed by atoms with Crippen LogP contribution in [0.25, 0.3) is 6.08 Å². The van der Waals surface area contributed by atoms with Crippen molar-refractivity contribution in [2.24, 2.45) is 0 Å². The first kappa shape index (κ1) is 17.8. The number of aryl methyl sites for hydroxylation is 2. The van der Waals surface area contributed by atoms with Crippen LogP contribution in [0, 0.1) is 13.8 Å². The van der Waals surface area contributed by atoms with E-state index in [1.165, 1.54) is 5.56 Å². The molecule has 2 rings (SSSR count). The maximum Gasteiger partial charge on any atom is 0.411 e. The fraction of sp³-hybridized carbons (Fsp3) is 0.286. The van der Waals surface area contributed by atoms with Gasteiger partial charge in [0.15, 0.2) is 0 Å². The van der Waals surface area contributed by atoms with Gasteiger partial charge in [-0.05, 0) is 54.7 Å². The summed E-state index contributed by atoms with van der Waals surface area (Å²) in [5, 5.41) is 2.80. The van der Waals surface area contributed by atoms with Crippen LogP contribution in [-0.4, -0.2) is 6.09 Å². The molecule has 0 heterocycles. The molecule has 0 radical (unpaired) electrons. The predicted octanol–water partition coefficient (Wildman–Crippen LogP) is 5.87. The Morgan fingerprint density at radius 3 is 2.42 bits per heavy atom. The first-order valence-corrected chi connectivity index (χ1v) is 8.35. The predicted molar refractivity (Wildman–Crippen MR) is 100 cm³/mol. The molecule has 3 nitrogen and oxygen atoms in total. The standard InChI is InChI=1S/C21H25NO2/c1-4-5-7-12-20-16(2)13-19(14-17(20)3)22-21(23)24-15-18-10-8-6-9-11-18/h6-14H,4-5,15H2,1-3H3,(H,22,23)/b12-7+. The molecular weight excluding hydrogens is 298 g/mol. The lowest BCUT2D eigenvalue weighted by Crippen LogP contribution is -2.14. The Kier molecular flexibility index (Phi) is 6.62. The molecule has 0 atom stereocenters. The van der Waals surface area contributed by atoms with Crippen molar-refractivity contribution >= 4 is 17.9 Å². The molecule has 0 saturated heterocycles. The molecule has 0 aliphatic rings. The Morgan fingerprint density at radius 1 is 1.12 bits per heavy atom. The van der Waals surface area contributed by atoms with Crippen molar-refractivity contribution in [3.8, 4) is 0 Å². The van der Waals surface area contributed by atoms with E-state index >= 15 is 0 Å². The zero-order chi connectivity index (χ0) is 17.4. The second kappa shape index (κ2) is 8.92. The van der Waals surface area contributed by atoms with E-state index < -0.39 is 6.09 Å². The second-order valence-electron chi connectivity index (χ2n) is 5.90. The van der Waals surface area contributed by atoms with Crippen molar-refractivity contribution in [1.29, 1.82) is 0 Å². The van der Waals surface area contributed by atoms with E-state index in [2.05, 4.69) is 38.2 Å². The van der Waals surface area contributed by atoms with Crippen LogP contribution < -0.4 is 5.32 Å². The molecule has 2 aromatic rings. The average molecular weight is 323 g/mol. The van der Waals surface area contributed by atoms with E-state index in [0.717, 1.165) is 35.2 Å². The van der Waals surface area contributed by atoms with Crippen LogP contribution in [-0.2, 0) is 11.3 Å². The minimum absolute atomic E-state index is 0.266. The quantitative estimate of drug-likeness (QED) is 0.722. The summed E-state index contributed by atoms with van der Waals surface area (Å²) >= 11 is 0. The van der Waals surface area contributed by atoms with E-state index in [-0.39, 0.29) is 6.61 Å². The highest BCUT2D eigenvalue weighted by Gasteiger charge is 2.07. The molecule has 0 unspecified atom stereocenters. The molecule has 126 valence electrons. The van der Waals surface area contributed by atoms with E-state index in [9.17, 15) is 4.79 Å². The lowest BCUT2D eigenvalue weighted by Gasteiger charge is -2.11. The maximum absolute atomic E-state index is 12.0. The van der Waals surface area contributed by atoms with Crippen molar-refractivity contribution in [1.82, 2.24) is 0 Å². The summed E-state index contributed by atoms with van der Waals surface area (Å²) in [6.45, 7) is 6.54. The van der Waals surface area contributed by atoms with Crippen molar-refractivity contribution < 1.29 is 9.53 Å². The maximum atomic E-state index is 12.0. The molecule has 0 bridgehead atoms. The molecule has 1 amide bonds. The van der Waals surface area contributed by atoms with Gasteiger partial charge in [0.2, 0.25) is 0 Å². The van der Waals surface area contributed by atoms with Crippen LogP contribution in [0.1, 0.15) is 42.0 Å². The largest absolute Gasteiger partial charge is 0.444 e. The van der Waals surface area contributed by atoms with Gasteiger partial charge in [0.25, 0.3) is 0 Å². The lowest BCUT2D eigenvalue weighted by atomic mass is 10.0. The third kappa shape index (κ3) is 5.27. The zero-order valence-corrected chi connectivity index (χ0v) is 14.6. The number of anilines is 1. The van der Waals surface area contributed by atoms with Crippen LogP contribution in [0.3, 0.4) is 0 Å². The summed E-state index contributed by atoms with van der Waals surface area (Å²) in [6, 6.07) is 13.6. The molecule has 0 aliphatic carbocycles. The number of hydrogen-bond donors (Lipinski definition) is 1. The number of carbonyl (C=O) groups is 1. The summed E-state index contributed by atoms with van der Waals surface area (Å²) in [5.74, 6) is 0. The highest BCUT2D eigenvalue weighted by atomic mass is 16.5. The van der Waals surface area contributed by atoms with Gasteiger partial charge in [-0.3, -0.25) is 5.32 Å². The Balaban J connectivity index is 1.98. The van der Waals surface area contributed by atoms with Crippen LogP contribution >= 0.6 is 0 Å². The fourth-order valence-electron chi connectivity index (χ4n) is 2.55. The van der Waals surface area contributed by atoms with Crippen LogP contribution in [0.2, 0.25) is 0 Å². The Bertz CT molecular complexity index is 682. The summed E-state index contributed by atoms with van der Waals surface area (Å²) in [6.07, 6.45) is 6.13. The van der Waals surface area contributed by atoms with Crippen molar-refractivity contribution in [2.45, 2.75) is 40.2 Å². The highest BCUT2D eigenvalue weighted by Crippen LogP contribution is 2.22. The first-order chi connectivity index (χ1) is 11.6. The minimum atomic E-state index is -0.438. The lowest BCUT2D eigenvalue weighted by molar-refractivity contribution is 0.155. The van der Waals surface area contributed by atoms with Gasteiger partial charge in [0.1, 0.15) is 6.61 Å². The van der Waals surface area contributed by atoms with Crippen molar-refractivity contribution in [2.75, 3.05) is 5.32 Å². The van der Waals surface area contributed by atoms with E-state index in [1.54, 1.807) is 0 Å². The first-order valence-electron chi connectivity index (χ1n) is 8.35. The van der Waals surface area contributed by atoms with Gasteiger partial charge < -0.3 is 4.74 Å². The number of amides is 1. The van der Waals surface area contributed by atoms with E-state index in [0.29, 0.717) is 0 Å². The SMILES string of the molecule is CCC/C=C/c1c(C)cc(NC(=O)OCc2ccccc2)cc1C. The molecule has 1 N–H and O–H groups in total. The minimum Gasteiger partial charge on any atom is -0.444 e. The summed E-state index contributed by atoms with van der Waals surface area (Å²) in [4.78, 5) is 12.0. The number of carbonyl (C=O) groups excluding carboxylic acids is 1. The number of rotatable bonds is 6. The Labute approximate surface area is 144 Å². The fourth-order valence-corrected chi connectivity index (χ4v) is 2.55. The van der Waals surface area contributed by atoms with Crippen LogP contribution in [0.5, 0.6) is 0 Å². The number of unbranched alkanes of at least 4 members (excludes halogenated alkanes) is 1. The number of allylic oxidation sites excluding steroid dienone is 1. The number of benzene rings is 2. The third-order valence-corrected chi connectivity index (χ3v) is 3.79. The van der Waals surface area contributed by atoms with Crippen LogP contribution in [0.15, 0.2) is 48.5 Å². The molecule has 0 fully saturated rings. The van der Waals surface area contributed by atoms with Crippen molar-refractivity contribution in [3.63, 3.8) is 0 Å². The average Bonchev–Trinajstić information content (AvgIpc) is 2.56. The molecule has 0 aliphatic heterocycles. The molecule has 24 heavy (non-hydrogen) atoms. The Morgan fingerprint density at radius 2 is 1.79 bits per heavy atom. The smallest absolute Gasteiger partial charge is 0.411 e. The number of hydrogen-bond acceptors (Lipinski definition) is 2. The van der Waals surface area contributed by atoms with E-state index in [1.807, 2.05) is 42.5 Å². The summed E-state index contributed by atoms with van der Waals surface area (Å²) < 4.78 is 5.26. The summed E-state index contributed by atoms with van der Waals surface area (Å²) in [7, 11) is 0.